The molecule has 3 aromatic rings. The van der Waals surface area contributed by atoms with Crippen LogP contribution >= 0.6 is 11.6 Å². The fourth-order valence-electron chi connectivity index (χ4n) is 3.50. The topological polar surface area (TPSA) is 79.8 Å². The summed E-state index contributed by atoms with van der Waals surface area (Å²) in [5.74, 6) is 0.322. The highest BCUT2D eigenvalue weighted by molar-refractivity contribution is 6.31. The molecule has 10 heteroatoms. The first-order chi connectivity index (χ1) is 15.4. The van der Waals surface area contributed by atoms with Crippen LogP contribution in [-0.2, 0) is 0 Å². The number of amides is 1. The van der Waals surface area contributed by atoms with Crippen molar-refractivity contribution in [2.45, 2.75) is 13.0 Å². The minimum absolute atomic E-state index is 0.00828. The van der Waals surface area contributed by atoms with Crippen LogP contribution < -0.4 is 14.8 Å². The quantitative estimate of drug-likeness (QED) is 0.622. The number of nitrogens with zero attached hydrogens (tertiary/aromatic N) is 4. The van der Waals surface area contributed by atoms with Crippen molar-refractivity contribution in [3.63, 3.8) is 0 Å². The predicted octanol–water partition coefficient (Wildman–Crippen LogP) is 4.31. The van der Waals surface area contributed by atoms with Crippen molar-refractivity contribution in [1.82, 2.24) is 19.8 Å². The maximum absolute atomic E-state index is 14.4. The first-order valence-electron chi connectivity index (χ1n) is 10.1. The lowest BCUT2D eigenvalue weighted by Crippen LogP contribution is -2.52. The Morgan fingerprint density at radius 1 is 1.25 bits per heavy atom. The predicted molar refractivity (Wildman–Crippen MR) is 120 cm³/mol. The second-order valence-electron chi connectivity index (χ2n) is 7.61. The summed E-state index contributed by atoms with van der Waals surface area (Å²) in [6.07, 6.45) is 0.888. The SMILES string of the molecule is COc1cc2ncnc(Nc3cccc(Cl)c3F)c2cc1OC(=O)N1CCN(C)[C@H](C)C1. The number of halogens is 2. The second kappa shape index (κ2) is 9.13. The average molecular weight is 460 g/mol. The van der Waals surface area contributed by atoms with E-state index in [1.807, 2.05) is 7.05 Å². The van der Waals surface area contributed by atoms with Crippen molar-refractivity contribution in [2.75, 3.05) is 39.1 Å². The highest BCUT2D eigenvalue weighted by Gasteiger charge is 2.26. The summed E-state index contributed by atoms with van der Waals surface area (Å²) in [6.45, 7) is 3.95. The van der Waals surface area contributed by atoms with Crippen LogP contribution in [0.3, 0.4) is 0 Å². The third-order valence-corrected chi connectivity index (χ3v) is 5.83. The lowest BCUT2D eigenvalue weighted by molar-refractivity contribution is 0.0931. The lowest BCUT2D eigenvalue weighted by Gasteiger charge is -2.36. The Morgan fingerprint density at radius 3 is 2.81 bits per heavy atom. The molecule has 1 saturated heterocycles. The van der Waals surface area contributed by atoms with E-state index in [4.69, 9.17) is 21.1 Å². The Balaban J connectivity index is 1.66. The summed E-state index contributed by atoms with van der Waals surface area (Å²) in [7, 11) is 3.51. The molecular weight excluding hydrogens is 437 g/mol. The van der Waals surface area contributed by atoms with Crippen molar-refractivity contribution >= 4 is 40.1 Å². The van der Waals surface area contributed by atoms with Gasteiger partial charge < -0.3 is 24.6 Å². The van der Waals surface area contributed by atoms with Crippen molar-refractivity contribution in [1.29, 1.82) is 0 Å². The molecule has 4 rings (SSSR count). The number of hydrogen-bond donors (Lipinski definition) is 1. The molecule has 1 aliphatic heterocycles. The molecular formula is C22H23ClFN5O3. The van der Waals surface area contributed by atoms with Gasteiger partial charge in [-0.05, 0) is 32.2 Å². The summed E-state index contributed by atoms with van der Waals surface area (Å²) in [6, 6.07) is 8.12. The number of fused-ring (bicyclic) bond motifs is 1. The number of ether oxygens (including phenoxy) is 2. The van der Waals surface area contributed by atoms with Crippen LogP contribution in [0.15, 0.2) is 36.7 Å². The normalized spacial score (nSPS) is 16.8. The van der Waals surface area contributed by atoms with Gasteiger partial charge in [0.25, 0.3) is 0 Å². The number of hydrogen-bond acceptors (Lipinski definition) is 7. The molecule has 0 unspecified atom stereocenters. The number of carbonyl (C=O) groups is 1. The number of rotatable bonds is 4. The summed E-state index contributed by atoms with van der Waals surface area (Å²) in [5, 5.41) is 3.46. The number of carbonyl (C=O) groups excluding carboxylic acids is 1. The first-order valence-corrected chi connectivity index (χ1v) is 10.5. The molecule has 0 saturated carbocycles. The molecule has 0 bridgehead atoms. The molecule has 8 nitrogen and oxygen atoms in total. The monoisotopic (exact) mass is 459 g/mol. The van der Waals surface area contributed by atoms with E-state index in [2.05, 4.69) is 27.1 Å². The van der Waals surface area contributed by atoms with Crippen LogP contribution in [0.1, 0.15) is 6.92 Å². The van der Waals surface area contributed by atoms with E-state index in [1.54, 1.807) is 29.2 Å². The molecule has 1 fully saturated rings. The number of nitrogens with one attached hydrogen (secondary N) is 1. The Morgan fingerprint density at radius 2 is 2.06 bits per heavy atom. The smallest absolute Gasteiger partial charge is 0.415 e. The van der Waals surface area contributed by atoms with Crippen LogP contribution in [0.25, 0.3) is 10.9 Å². The molecule has 2 heterocycles. The molecule has 2 aromatic carbocycles. The minimum Gasteiger partial charge on any atom is -0.493 e. The standard InChI is InChI=1S/C22H23ClFN5O3/c1-13-11-29(8-7-28(13)2)22(30)32-19-9-14-17(10-18(19)31-3)25-12-26-21(14)27-16-6-4-5-15(23)20(16)24/h4-6,9-10,12-13H,7-8,11H2,1-3H3,(H,25,26,27)/t13-/m1/s1. The molecule has 0 radical (unpaired) electrons. The Bertz CT molecular complexity index is 1160. The Kier molecular flexibility index (Phi) is 6.29. The number of aromatic nitrogens is 2. The number of methoxy groups -OCH3 is 1. The van der Waals surface area contributed by atoms with Crippen LogP contribution in [0, 0.1) is 5.82 Å². The van der Waals surface area contributed by atoms with Crippen LogP contribution in [0.5, 0.6) is 11.5 Å². The summed E-state index contributed by atoms with van der Waals surface area (Å²) in [4.78, 5) is 25.1. The van der Waals surface area contributed by atoms with Crippen molar-refractivity contribution < 1.29 is 18.7 Å². The van der Waals surface area contributed by atoms with Gasteiger partial charge in [-0.25, -0.2) is 19.2 Å². The van der Waals surface area contributed by atoms with Gasteiger partial charge in [0.15, 0.2) is 17.3 Å². The maximum atomic E-state index is 14.4. The van der Waals surface area contributed by atoms with Gasteiger partial charge in [0.1, 0.15) is 12.1 Å². The van der Waals surface area contributed by atoms with E-state index in [0.717, 1.165) is 6.54 Å². The van der Waals surface area contributed by atoms with Gasteiger partial charge in [-0.15, -0.1) is 0 Å². The molecule has 1 aliphatic rings. The van der Waals surface area contributed by atoms with Gasteiger partial charge in [0, 0.05) is 37.1 Å². The molecule has 1 amide bonds. The van der Waals surface area contributed by atoms with Crippen LogP contribution in [-0.4, -0.2) is 65.7 Å². The highest BCUT2D eigenvalue weighted by atomic mass is 35.5. The number of piperazine rings is 1. The molecule has 1 atom stereocenters. The fraction of sp³-hybridized carbons (Fsp3) is 0.318. The number of benzene rings is 2. The number of likely N-dealkylation sites (N-methyl/N-ethyl adjacent to an activating group) is 1. The van der Waals surface area contributed by atoms with E-state index >= 15 is 0 Å². The first kappa shape index (κ1) is 22.0. The molecule has 168 valence electrons. The zero-order valence-electron chi connectivity index (χ0n) is 17.9. The highest BCUT2D eigenvalue weighted by Crippen LogP contribution is 2.36. The third-order valence-electron chi connectivity index (χ3n) is 5.54. The fourth-order valence-corrected chi connectivity index (χ4v) is 3.68. The lowest BCUT2D eigenvalue weighted by atomic mass is 10.2. The number of anilines is 2. The minimum atomic E-state index is -0.592. The average Bonchev–Trinajstić information content (AvgIpc) is 2.78. The van der Waals surface area contributed by atoms with E-state index in [1.165, 1.54) is 19.5 Å². The van der Waals surface area contributed by atoms with E-state index in [9.17, 15) is 9.18 Å². The van der Waals surface area contributed by atoms with E-state index < -0.39 is 11.9 Å². The van der Waals surface area contributed by atoms with Gasteiger partial charge in [-0.1, -0.05) is 17.7 Å². The summed E-state index contributed by atoms with van der Waals surface area (Å²) in [5.41, 5.74) is 0.702. The van der Waals surface area contributed by atoms with Gasteiger partial charge in [-0.2, -0.15) is 0 Å². The molecule has 0 aliphatic carbocycles. The molecule has 1 N–H and O–H groups in total. The van der Waals surface area contributed by atoms with Crippen molar-refractivity contribution in [2.24, 2.45) is 0 Å². The van der Waals surface area contributed by atoms with Crippen molar-refractivity contribution in [3.05, 3.63) is 47.5 Å². The van der Waals surface area contributed by atoms with E-state index in [0.29, 0.717) is 35.6 Å². The van der Waals surface area contributed by atoms with Crippen LogP contribution in [0.2, 0.25) is 5.02 Å². The maximum Gasteiger partial charge on any atom is 0.415 e. The Hall–Kier alpha value is -3.17. The molecule has 0 spiro atoms. The van der Waals surface area contributed by atoms with E-state index in [-0.39, 0.29) is 22.5 Å². The summed E-state index contributed by atoms with van der Waals surface area (Å²) >= 11 is 5.88. The van der Waals surface area contributed by atoms with Gasteiger partial charge in [-0.3, -0.25) is 0 Å². The second-order valence-corrected chi connectivity index (χ2v) is 8.02. The summed E-state index contributed by atoms with van der Waals surface area (Å²) < 4.78 is 25.5. The zero-order valence-corrected chi connectivity index (χ0v) is 18.7. The van der Waals surface area contributed by atoms with Gasteiger partial charge in [0.05, 0.1) is 23.3 Å². The molecule has 1 aromatic heterocycles. The van der Waals surface area contributed by atoms with Gasteiger partial charge >= 0.3 is 6.09 Å². The third kappa shape index (κ3) is 4.39. The zero-order chi connectivity index (χ0) is 22.8. The van der Waals surface area contributed by atoms with Crippen molar-refractivity contribution in [3.8, 4) is 11.5 Å². The van der Waals surface area contributed by atoms with Crippen LogP contribution in [0.4, 0.5) is 20.7 Å². The largest absolute Gasteiger partial charge is 0.493 e. The Labute approximate surface area is 189 Å². The van der Waals surface area contributed by atoms with Gasteiger partial charge in [0.2, 0.25) is 0 Å². The molecule has 32 heavy (non-hydrogen) atoms.